The molecule has 6 nitrogen and oxygen atoms in total. The lowest BCUT2D eigenvalue weighted by molar-refractivity contribution is -0.127. The van der Waals surface area contributed by atoms with E-state index in [9.17, 15) is 9.59 Å². The van der Waals surface area contributed by atoms with Gasteiger partial charge in [0.05, 0.1) is 16.6 Å². The van der Waals surface area contributed by atoms with E-state index in [2.05, 4.69) is 9.97 Å². The fourth-order valence-electron chi connectivity index (χ4n) is 4.19. The van der Waals surface area contributed by atoms with Crippen molar-refractivity contribution in [3.63, 3.8) is 0 Å². The molecule has 1 unspecified atom stereocenters. The molecule has 1 atom stereocenters. The number of amides is 1. The molecule has 0 fully saturated rings. The topological polar surface area (TPSA) is 75.3 Å². The fraction of sp³-hybridized carbons (Fsp3) is 0.192. The number of aromatic amines is 1. The minimum Gasteiger partial charge on any atom is -0.449 e. The van der Waals surface area contributed by atoms with Gasteiger partial charge in [0.25, 0.3) is 5.91 Å². The summed E-state index contributed by atoms with van der Waals surface area (Å²) in [5, 5.41) is 0. The van der Waals surface area contributed by atoms with Crippen LogP contribution in [0.5, 0.6) is 0 Å². The van der Waals surface area contributed by atoms with Gasteiger partial charge in [-0.1, -0.05) is 55.5 Å². The first-order valence-corrected chi connectivity index (χ1v) is 10.8. The van der Waals surface area contributed by atoms with Crippen LogP contribution >= 0.6 is 0 Å². The van der Waals surface area contributed by atoms with Crippen LogP contribution in [0.1, 0.15) is 29.3 Å². The number of hydrogen-bond acceptors (Lipinski definition) is 4. The Kier molecular flexibility index (Phi) is 5.19. The van der Waals surface area contributed by atoms with Gasteiger partial charge in [-0.2, -0.15) is 0 Å². The predicted molar refractivity (Wildman–Crippen MR) is 124 cm³/mol. The van der Waals surface area contributed by atoms with Gasteiger partial charge in [-0.3, -0.25) is 4.79 Å². The molecule has 4 aromatic rings. The second kappa shape index (κ2) is 8.30. The summed E-state index contributed by atoms with van der Waals surface area (Å²) in [7, 11) is 0. The Hall–Kier alpha value is -3.93. The monoisotopic (exact) mass is 425 g/mol. The van der Waals surface area contributed by atoms with Crippen molar-refractivity contribution in [1.82, 2.24) is 9.97 Å². The zero-order chi connectivity index (χ0) is 22.1. The molecule has 0 saturated carbocycles. The van der Waals surface area contributed by atoms with Gasteiger partial charge < -0.3 is 14.6 Å². The molecule has 1 aliphatic rings. The Morgan fingerprint density at radius 3 is 2.62 bits per heavy atom. The molecule has 1 aliphatic heterocycles. The molecular formula is C26H23N3O3. The smallest absolute Gasteiger partial charge is 0.339 e. The van der Waals surface area contributed by atoms with Gasteiger partial charge in [-0.15, -0.1) is 0 Å². The Balaban J connectivity index is 1.40. The van der Waals surface area contributed by atoms with Gasteiger partial charge in [-0.05, 0) is 42.7 Å². The first-order valence-electron chi connectivity index (χ1n) is 10.8. The number of fused-ring (bicyclic) bond motifs is 2. The molecule has 2 heterocycles. The third-order valence-corrected chi connectivity index (χ3v) is 5.84. The number of anilines is 1. The highest BCUT2D eigenvalue weighted by Crippen LogP contribution is 2.29. The lowest BCUT2D eigenvalue weighted by atomic mass is 10.1. The zero-order valence-electron chi connectivity index (χ0n) is 17.7. The second-order valence-corrected chi connectivity index (χ2v) is 7.82. The third-order valence-electron chi connectivity index (χ3n) is 5.84. The fourth-order valence-corrected chi connectivity index (χ4v) is 4.19. The highest BCUT2D eigenvalue weighted by molar-refractivity contribution is 6.02. The standard InChI is InChI=1S/C26H23N3O3/c1-2-23(25(30)29-16-15-17-9-3-8-14-22(17)29)32-26(31)19-11-5-4-10-18(19)24-27-20-12-6-7-13-21(20)28-24/h3-14,23H,2,15-16H2,1H3,(H,27,28). The van der Waals surface area contributed by atoms with Gasteiger partial charge in [0.2, 0.25) is 0 Å². The number of rotatable bonds is 5. The summed E-state index contributed by atoms with van der Waals surface area (Å²) in [5.74, 6) is -0.132. The normalized spacial score (nSPS) is 13.7. The van der Waals surface area contributed by atoms with Crippen LogP contribution < -0.4 is 4.90 Å². The molecule has 0 aliphatic carbocycles. The number of nitrogens with zero attached hydrogens (tertiary/aromatic N) is 2. The number of H-pyrrole nitrogens is 1. The van der Waals surface area contributed by atoms with Crippen molar-refractivity contribution < 1.29 is 14.3 Å². The van der Waals surface area contributed by atoms with Crippen molar-refractivity contribution in [2.75, 3.05) is 11.4 Å². The van der Waals surface area contributed by atoms with E-state index in [0.29, 0.717) is 29.9 Å². The van der Waals surface area contributed by atoms with Crippen molar-refractivity contribution in [3.05, 3.63) is 83.9 Å². The van der Waals surface area contributed by atoms with Crippen LogP contribution in [0, 0.1) is 0 Å². The maximum Gasteiger partial charge on any atom is 0.339 e. The number of benzene rings is 3. The van der Waals surface area contributed by atoms with Gasteiger partial charge >= 0.3 is 5.97 Å². The van der Waals surface area contributed by atoms with E-state index >= 15 is 0 Å². The first-order chi connectivity index (χ1) is 15.7. The van der Waals surface area contributed by atoms with Crippen LogP contribution in [0.2, 0.25) is 0 Å². The highest BCUT2D eigenvalue weighted by atomic mass is 16.5. The molecular weight excluding hydrogens is 402 g/mol. The second-order valence-electron chi connectivity index (χ2n) is 7.82. The van der Waals surface area contributed by atoms with Crippen LogP contribution in [0.3, 0.4) is 0 Å². The van der Waals surface area contributed by atoms with Gasteiger partial charge in [0.15, 0.2) is 6.10 Å². The molecule has 1 aromatic heterocycles. The highest BCUT2D eigenvalue weighted by Gasteiger charge is 2.32. The summed E-state index contributed by atoms with van der Waals surface area (Å²) in [6.45, 7) is 2.45. The van der Waals surface area contributed by atoms with Crippen molar-refractivity contribution in [3.8, 4) is 11.4 Å². The molecule has 0 radical (unpaired) electrons. The van der Waals surface area contributed by atoms with E-state index in [1.54, 1.807) is 17.0 Å². The van der Waals surface area contributed by atoms with Crippen LogP contribution in [0.15, 0.2) is 72.8 Å². The Morgan fingerprint density at radius 1 is 1.03 bits per heavy atom. The van der Waals surface area contributed by atoms with Crippen molar-refractivity contribution in [1.29, 1.82) is 0 Å². The molecule has 6 heteroatoms. The molecule has 32 heavy (non-hydrogen) atoms. The van der Waals surface area contributed by atoms with Crippen molar-refractivity contribution >= 4 is 28.6 Å². The average molecular weight is 425 g/mol. The molecule has 0 spiro atoms. The summed E-state index contributed by atoms with van der Waals surface area (Å²) >= 11 is 0. The third kappa shape index (κ3) is 3.54. The van der Waals surface area contributed by atoms with Crippen LogP contribution in [-0.4, -0.2) is 34.5 Å². The molecule has 0 bridgehead atoms. The van der Waals surface area contributed by atoms with Gasteiger partial charge in [-0.25, -0.2) is 9.78 Å². The predicted octanol–water partition coefficient (Wildman–Crippen LogP) is 4.75. The lowest BCUT2D eigenvalue weighted by Crippen LogP contribution is -2.40. The van der Waals surface area contributed by atoms with Gasteiger partial charge in [0, 0.05) is 17.8 Å². The Morgan fingerprint density at radius 2 is 1.78 bits per heavy atom. The number of carbonyl (C=O) groups excluding carboxylic acids is 2. The molecule has 5 rings (SSSR count). The molecule has 1 amide bonds. The number of aromatic nitrogens is 2. The Bertz CT molecular complexity index is 1280. The zero-order valence-corrected chi connectivity index (χ0v) is 17.7. The summed E-state index contributed by atoms with van der Waals surface area (Å²) in [4.78, 5) is 36.0. The number of imidazole rings is 1. The maximum absolute atomic E-state index is 13.2. The quantitative estimate of drug-likeness (QED) is 0.468. The number of nitrogens with one attached hydrogen (secondary N) is 1. The van der Waals surface area contributed by atoms with Crippen LogP contribution in [0.4, 0.5) is 5.69 Å². The van der Waals surface area contributed by atoms with E-state index in [-0.39, 0.29) is 5.91 Å². The first kappa shape index (κ1) is 20.0. The summed E-state index contributed by atoms with van der Waals surface area (Å²) < 4.78 is 5.74. The van der Waals surface area contributed by atoms with Crippen LogP contribution in [-0.2, 0) is 16.0 Å². The van der Waals surface area contributed by atoms with Crippen LogP contribution in [0.25, 0.3) is 22.4 Å². The number of esters is 1. The summed E-state index contributed by atoms with van der Waals surface area (Å²) in [6, 6.07) is 22.7. The minimum absolute atomic E-state index is 0.188. The van der Waals surface area contributed by atoms with Crippen molar-refractivity contribution in [2.45, 2.75) is 25.9 Å². The number of para-hydroxylation sites is 3. The van der Waals surface area contributed by atoms with E-state index in [1.807, 2.05) is 67.6 Å². The molecule has 1 N–H and O–H groups in total. The van der Waals surface area contributed by atoms with Crippen molar-refractivity contribution in [2.24, 2.45) is 0 Å². The number of hydrogen-bond donors (Lipinski definition) is 1. The minimum atomic E-state index is -0.850. The van der Waals surface area contributed by atoms with E-state index < -0.39 is 12.1 Å². The Labute approximate surface area is 185 Å². The van der Waals surface area contributed by atoms with E-state index in [0.717, 1.165) is 28.7 Å². The number of ether oxygens (including phenoxy) is 1. The average Bonchev–Trinajstić information content (AvgIpc) is 3.46. The summed E-state index contributed by atoms with van der Waals surface area (Å²) in [6.07, 6.45) is 0.356. The summed E-state index contributed by atoms with van der Waals surface area (Å²) in [5.41, 5.74) is 4.76. The SMILES string of the molecule is CCC(OC(=O)c1ccccc1-c1nc2ccccc2[nH]1)C(=O)N1CCc2ccccc21. The number of carbonyl (C=O) groups is 2. The molecule has 3 aromatic carbocycles. The largest absolute Gasteiger partial charge is 0.449 e. The molecule has 0 saturated heterocycles. The maximum atomic E-state index is 13.2. The molecule has 160 valence electrons. The van der Waals surface area contributed by atoms with E-state index in [4.69, 9.17) is 4.74 Å². The lowest BCUT2D eigenvalue weighted by Gasteiger charge is -2.23. The van der Waals surface area contributed by atoms with E-state index in [1.165, 1.54) is 0 Å². The van der Waals surface area contributed by atoms with Gasteiger partial charge in [0.1, 0.15) is 5.82 Å².